The van der Waals surface area contributed by atoms with E-state index in [9.17, 15) is 9.59 Å². The van der Waals surface area contributed by atoms with Crippen LogP contribution in [0.5, 0.6) is 0 Å². The molecule has 29 heavy (non-hydrogen) atoms. The molecule has 0 spiro atoms. The minimum absolute atomic E-state index is 0.240. The van der Waals surface area contributed by atoms with E-state index in [0.717, 1.165) is 19.3 Å². The summed E-state index contributed by atoms with van der Waals surface area (Å²) in [6, 6.07) is 0. The maximum atomic E-state index is 12.5. The first kappa shape index (κ1) is 25.7. The van der Waals surface area contributed by atoms with Gasteiger partial charge < -0.3 is 9.47 Å². The molecule has 0 radical (unpaired) electrons. The number of unbranched alkanes of at least 4 members (excludes halogenated alkanes) is 9. The molecule has 2 atom stereocenters. The van der Waals surface area contributed by atoms with Crippen LogP contribution in [0.25, 0.3) is 0 Å². The van der Waals surface area contributed by atoms with Gasteiger partial charge in [-0.05, 0) is 31.6 Å². The van der Waals surface area contributed by atoms with Crippen molar-refractivity contribution in [1.82, 2.24) is 0 Å². The summed E-state index contributed by atoms with van der Waals surface area (Å²) in [5.41, 5.74) is 0. The first-order valence-electron chi connectivity index (χ1n) is 12.0. The van der Waals surface area contributed by atoms with Crippen molar-refractivity contribution < 1.29 is 19.1 Å². The molecule has 0 aromatic carbocycles. The second-order valence-electron chi connectivity index (χ2n) is 8.86. The highest BCUT2D eigenvalue weighted by atomic mass is 16.5. The first-order valence-corrected chi connectivity index (χ1v) is 12.0. The van der Waals surface area contributed by atoms with E-state index in [-0.39, 0.29) is 11.9 Å². The highest BCUT2D eigenvalue weighted by molar-refractivity contribution is 5.82. The molecule has 0 aromatic rings. The van der Waals surface area contributed by atoms with Crippen LogP contribution in [0.15, 0.2) is 12.2 Å². The Labute approximate surface area is 178 Å². The van der Waals surface area contributed by atoms with Gasteiger partial charge in [0, 0.05) is 0 Å². The maximum absolute atomic E-state index is 12.5. The van der Waals surface area contributed by atoms with Crippen LogP contribution >= 0.6 is 0 Å². The molecule has 0 aliphatic heterocycles. The Morgan fingerprint density at radius 1 is 0.759 bits per heavy atom. The normalized spacial score (nSPS) is 18.8. The first-order chi connectivity index (χ1) is 14.1. The third-order valence-corrected chi connectivity index (χ3v) is 5.72. The molecule has 0 amide bonds. The van der Waals surface area contributed by atoms with Crippen LogP contribution in [-0.4, -0.2) is 25.2 Å². The van der Waals surface area contributed by atoms with E-state index in [1.165, 1.54) is 51.4 Å². The van der Waals surface area contributed by atoms with Gasteiger partial charge in [-0.2, -0.15) is 0 Å². The molecular weight excluding hydrogens is 364 g/mol. The van der Waals surface area contributed by atoms with Crippen molar-refractivity contribution in [3.63, 3.8) is 0 Å². The lowest BCUT2D eigenvalue weighted by atomic mass is 9.83. The van der Waals surface area contributed by atoms with Gasteiger partial charge in [0.15, 0.2) is 0 Å². The standard InChI is InChI=1S/C25H44O4/c1-4-5-6-7-8-9-10-11-12-15-19-28-24(26)22-16-13-14-17-23(22)25(27)29-20-18-21(2)3/h13-14,21-23H,4-12,15-20H2,1-3H3. The molecule has 2 unspecified atom stereocenters. The van der Waals surface area contributed by atoms with Crippen molar-refractivity contribution in [2.45, 2.75) is 104 Å². The summed E-state index contributed by atoms with van der Waals surface area (Å²) >= 11 is 0. The third-order valence-electron chi connectivity index (χ3n) is 5.72. The monoisotopic (exact) mass is 408 g/mol. The SMILES string of the molecule is CCCCCCCCCCCCOC(=O)C1CC=CCC1C(=O)OCCC(C)C. The fraction of sp³-hybridized carbons (Fsp3) is 0.840. The number of rotatable bonds is 16. The average Bonchev–Trinajstić information content (AvgIpc) is 2.71. The van der Waals surface area contributed by atoms with Crippen LogP contribution in [-0.2, 0) is 19.1 Å². The van der Waals surface area contributed by atoms with Crippen molar-refractivity contribution in [3.05, 3.63) is 12.2 Å². The van der Waals surface area contributed by atoms with Crippen molar-refractivity contribution in [2.75, 3.05) is 13.2 Å². The van der Waals surface area contributed by atoms with Crippen LogP contribution in [0, 0.1) is 17.8 Å². The van der Waals surface area contributed by atoms with Crippen LogP contribution in [0.3, 0.4) is 0 Å². The molecule has 168 valence electrons. The fourth-order valence-electron chi connectivity index (χ4n) is 3.71. The quantitative estimate of drug-likeness (QED) is 0.163. The van der Waals surface area contributed by atoms with Gasteiger partial charge in [-0.25, -0.2) is 0 Å². The van der Waals surface area contributed by atoms with E-state index in [0.29, 0.717) is 32.0 Å². The second kappa shape index (κ2) is 16.5. The Morgan fingerprint density at radius 2 is 1.21 bits per heavy atom. The minimum atomic E-state index is -0.396. The highest BCUT2D eigenvalue weighted by Crippen LogP contribution is 2.28. The molecule has 0 fully saturated rings. The third kappa shape index (κ3) is 12.1. The Balaban J connectivity index is 2.16. The number of esters is 2. The molecular formula is C25H44O4. The summed E-state index contributed by atoms with van der Waals surface area (Å²) in [4.78, 5) is 24.9. The fourth-order valence-corrected chi connectivity index (χ4v) is 3.71. The number of carbonyl (C=O) groups excluding carboxylic acids is 2. The predicted molar refractivity (Wildman–Crippen MR) is 119 cm³/mol. The molecule has 1 rings (SSSR count). The molecule has 4 heteroatoms. The van der Waals surface area contributed by atoms with Crippen LogP contribution in [0.4, 0.5) is 0 Å². The van der Waals surface area contributed by atoms with E-state index in [1.54, 1.807) is 0 Å². The second-order valence-corrected chi connectivity index (χ2v) is 8.86. The Bertz CT molecular complexity index is 469. The number of carbonyl (C=O) groups is 2. The molecule has 0 N–H and O–H groups in total. The molecule has 0 aromatic heterocycles. The maximum Gasteiger partial charge on any atom is 0.310 e. The molecule has 0 saturated carbocycles. The summed E-state index contributed by atoms with van der Waals surface area (Å²) in [7, 11) is 0. The van der Waals surface area contributed by atoms with Crippen molar-refractivity contribution in [3.8, 4) is 0 Å². The van der Waals surface area contributed by atoms with Gasteiger partial charge >= 0.3 is 11.9 Å². The molecule has 0 saturated heterocycles. The lowest BCUT2D eigenvalue weighted by Gasteiger charge is -2.25. The van der Waals surface area contributed by atoms with Gasteiger partial charge in [-0.1, -0.05) is 90.7 Å². The summed E-state index contributed by atoms with van der Waals surface area (Å²) in [6.45, 7) is 7.34. The zero-order chi connectivity index (χ0) is 21.3. The van der Waals surface area contributed by atoms with E-state index < -0.39 is 11.8 Å². The summed E-state index contributed by atoms with van der Waals surface area (Å²) < 4.78 is 10.9. The van der Waals surface area contributed by atoms with Gasteiger partial charge in [0.2, 0.25) is 0 Å². The smallest absolute Gasteiger partial charge is 0.310 e. The van der Waals surface area contributed by atoms with E-state index in [4.69, 9.17) is 9.47 Å². The van der Waals surface area contributed by atoms with Gasteiger partial charge in [0.1, 0.15) is 0 Å². The Kier molecular flexibility index (Phi) is 14.6. The van der Waals surface area contributed by atoms with Crippen LogP contribution in [0.2, 0.25) is 0 Å². The molecule has 1 aliphatic rings. The van der Waals surface area contributed by atoms with Crippen molar-refractivity contribution in [1.29, 1.82) is 0 Å². The number of hydrogen-bond acceptors (Lipinski definition) is 4. The van der Waals surface area contributed by atoms with E-state index in [2.05, 4.69) is 20.8 Å². The van der Waals surface area contributed by atoms with Gasteiger partial charge in [0.25, 0.3) is 0 Å². The Hall–Kier alpha value is -1.32. The molecule has 1 aliphatic carbocycles. The Morgan fingerprint density at radius 3 is 1.69 bits per heavy atom. The number of hydrogen-bond donors (Lipinski definition) is 0. The molecule has 0 heterocycles. The van der Waals surface area contributed by atoms with Crippen molar-refractivity contribution in [2.24, 2.45) is 17.8 Å². The average molecular weight is 409 g/mol. The predicted octanol–water partition coefficient (Wildman–Crippen LogP) is 6.62. The summed E-state index contributed by atoms with van der Waals surface area (Å²) in [6.07, 6.45) is 18.5. The number of allylic oxidation sites excluding steroid dienone is 2. The summed E-state index contributed by atoms with van der Waals surface area (Å²) in [5.74, 6) is -0.787. The topological polar surface area (TPSA) is 52.6 Å². The number of ether oxygens (including phenoxy) is 2. The molecule has 0 bridgehead atoms. The zero-order valence-electron chi connectivity index (χ0n) is 19.1. The highest BCUT2D eigenvalue weighted by Gasteiger charge is 2.36. The lowest BCUT2D eigenvalue weighted by Crippen LogP contribution is -2.34. The van der Waals surface area contributed by atoms with Crippen LogP contribution in [0.1, 0.15) is 104 Å². The summed E-state index contributed by atoms with van der Waals surface area (Å²) in [5, 5.41) is 0. The lowest BCUT2D eigenvalue weighted by molar-refractivity contribution is -0.161. The zero-order valence-corrected chi connectivity index (χ0v) is 19.1. The minimum Gasteiger partial charge on any atom is -0.465 e. The van der Waals surface area contributed by atoms with Crippen molar-refractivity contribution >= 4 is 11.9 Å². The van der Waals surface area contributed by atoms with Crippen LogP contribution < -0.4 is 0 Å². The van der Waals surface area contributed by atoms with Gasteiger partial charge in [-0.15, -0.1) is 0 Å². The largest absolute Gasteiger partial charge is 0.465 e. The van der Waals surface area contributed by atoms with Gasteiger partial charge in [0.05, 0.1) is 25.0 Å². The van der Waals surface area contributed by atoms with E-state index >= 15 is 0 Å². The molecule has 4 nitrogen and oxygen atoms in total. The van der Waals surface area contributed by atoms with E-state index in [1.807, 2.05) is 12.2 Å². The van der Waals surface area contributed by atoms with Gasteiger partial charge in [-0.3, -0.25) is 9.59 Å².